The highest BCUT2D eigenvalue weighted by Gasteiger charge is 2.30. The Bertz CT molecular complexity index is 802. The van der Waals surface area contributed by atoms with E-state index >= 15 is 0 Å². The summed E-state index contributed by atoms with van der Waals surface area (Å²) in [7, 11) is 5.14. The molecule has 0 spiro atoms. The standard InChI is InChI=1S/C21H35N2O2Si/c1-21(2,3)25-20(24)22-18-13-11-10-12-16(18)17(14-23(4,5)6)19(22)15-26(7,8)9/h10-13H,14-15H2,1-9H3/q+1. The maximum absolute atomic E-state index is 13.1. The topological polar surface area (TPSA) is 31.2 Å². The number of rotatable bonds is 4. The van der Waals surface area contributed by atoms with Gasteiger partial charge in [-0.2, -0.15) is 0 Å². The van der Waals surface area contributed by atoms with Crippen LogP contribution in [0.4, 0.5) is 4.79 Å². The van der Waals surface area contributed by atoms with E-state index in [4.69, 9.17) is 4.74 Å². The molecule has 0 radical (unpaired) electrons. The largest absolute Gasteiger partial charge is 0.443 e. The Morgan fingerprint density at radius 3 is 2.19 bits per heavy atom. The van der Waals surface area contributed by atoms with Crippen LogP contribution < -0.4 is 0 Å². The van der Waals surface area contributed by atoms with Crippen LogP contribution >= 0.6 is 0 Å². The monoisotopic (exact) mass is 375 g/mol. The lowest BCUT2D eigenvalue weighted by atomic mass is 10.1. The Morgan fingerprint density at radius 2 is 1.69 bits per heavy atom. The maximum Gasteiger partial charge on any atom is 0.419 e. The Morgan fingerprint density at radius 1 is 1.12 bits per heavy atom. The Kier molecular flexibility index (Phi) is 5.46. The summed E-state index contributed by atoms with van der Waals surface area (Å²) < 4.78 is 8.42. The minimum atomic E-state index is -1.44. The molecule has 4 nitrogen and oxygen atoms in total. The fourth-order valence-electron chi connectivity index (χ4n) is 3.21. The number of hydrogen-bond acceptors (Lipinski definition) is 2. The third-order valence-electron chi connectivity index (χ3n) is 3.99. The molecule has 0 saturated carbocycles. The smallest absolute Gasteiger partial charge is 0.419 e. The van der Waals surface area contributed by atoms with Crippen LogP contribution in [0.25, 0.3) is 10.9 Å². The lowest BCUT2D eigenvalue weighted by molar-refractivity contribution is -0.883. The molecular weight excluding hydrogens is 340 g/mol. The fourth-order valence-corrected chi connectivity index (χ4v) is 4.59. The van der Waals surface area contributed by atoms with E-state index in [1.165, 1.54) is 10.9 Å². The van der Waals surface area contributed by atoms with E-state index in [1.54, 1.807) is 0 Å². The van der Waals surface area contributed by atoms with Gasteiger partial charge in [0, 0.05) is 16.6 Å². The van der Waals surface area contributed by atoms with Crippen molar-refractivity contribution in [3.8, 4) is 0 Å². The first-order chi connectivity index (χ1) is 11.7. The van der Waals surface area contributed by atoms with Crippen LogP contribution in [-0.2, 0) is 17.3 Å². The van der Waals surface area contributed by atoms with Gasteiger partial charge in [0.25, 0.3) is 0 Å². The first-order valence-corrected chi connectivity index (χ1v) is 13.0. The van der Waals surface area contributed by atoms with Crippen molar-refractivity contribution in [1.29, 1.82) is 0 Å². The highest BCUT2D eigenvalue weighted by atomic mass is 28.3. The van der Waals surface area contributed by atoms with Gasteiger partial charge >= 0.3 is 6.09 Å². The van der Waals surface area contributed by atoms with Crippen molar-refractivity contribution < 1.29 is 14.0 Å². The van der Waals surface area contributed by atoms with Crippen molar-refractivity contribution in [2.24, 2.45) is 0 Å². The maximum atomic E-state index is 13.1. The number of para-hydroxylation sites is 1. The first-order valence-electron chi connectivity index (χ1n) is 9.33. The van der Waals surface area contributed by atoms with Crippen molar-refractivity contribution in [2.45, 2.75) is 58.6 Å². The van der Waals surface area contributed by atoms with Crippen LogP contribution in [0, 0.1) is 0 Å². The zero-order valence-electron chi connectivity index (χ0n) is 17.9. The number of ether oxygens (including phenoxy) is 1. The average molecular weight is 376 g/mol. The second kappa shape index (κ2) is 6.85. The van der Waals surface area contributed by atoms with Gasteiger partial charge in [-0.25, -0.2) is 9.36 Å². The molecule has 0 aliphatic heterocycles. The average Bonchev–Trinajstić information content (AvgIpc) is 2.67. The van der Waals surface area contributed by atoms with Crippen LogP contribution in [-0.4, -0.2) is 50.0 Å². The van der Waals surface area contributed by atoms with Crippen molar-refractivity contribution >= 4 is 25.1 Å². The molecule has 0 amide bonds. The summed E-state index contributed by atoms with van der Waals surface area (Å²) in [5, 5.41) is 1.17. The summed E-state index contributed by atoms with van der Waals surface area (Å²) >= 11 is 0. The van der Waals surface area contributed by atoms with Crippen LogP contribution in [0.1, 0.15) is 32.0 Å². The summed E-state index contributed by atoms with van der Waals surface area (Å²) in [6, 6.07) is 9.17. The van der Waals surface area contributed by atoms with Gasteiger partial charge in [0.1, 0.15) is 12.1 Å². The molecule has 0 unspecified atom stereocenters. The molecule has 26 heavy (non-hydrogen) atoms. The minimum Gasteiger partial charge on any atom is -0.443 e. The van der Waals surface area contributed by atoms with Gasteiger partial charge in [0.2, 0.25) is 0 Å². The normalized spacial score (nSPS) is 13.3. The predicted octanol–water partition coefficient (Wildman–Crippen LogP) is 5.05. The third kappa shape index (κ3) is 5.21. The van der Waals surface area contributed by atoms with Gasteiger partial charge < -0.3 is 9.22 Å². The number of fused-ring (bicyclic) bond motifs is 1. The molecule has 0 N–H and O–H groups in total. The molecule has 1 aromatic carbocycles. The highest BCUT2D eigenvalue weighted by Crippen LogP contribution is 2.31. The molecule has 0 fully saturated rings. The van der Waals surface area contributed by atoms with E-state index in [1.807, 2.05) is 37.5 Å². The molecule has 0 aliphatic carbocycles. The van der Waals surface area contributed by atoms with Crippen LogP contribution in [0.5, 0.6) is 0 Å². The molecule has 2 rings (SSSR count). The van der Waals surface area contributed by atoms with Crippen LogP contribution in [0.15, 0.2) is 24.3 Å². The fraction of sp³-hybridized carbons (Fsp3) is 0.571. The number of quaternary nitrogens is 1. The van der Waals surface area contributed by atoms with E-state index < -0.39 is 13.7 Å². The van der Waals surface area contributed by atoms with Crippen molar-refractivity contribution in [3.05, 3.63) is 35.5 Å². The second-order valence-corrected chi connectivity index (χ2v) is 15.9. The highest BCUT2D eigenvalue weighted by molar-refractivity contribution is 6.75. The summed E-state index contributed by atoms with van der Waals surface area (Å²) in [6.07, 6.45) is -0.269. The molecular formula is C21H35N2O2Si+. The summed E-state index contributed by atoms with van der Waals surface area (Å²) in [5.74, 6) is 0. The zero-order valence-corrected chi connectivity index (χ0v) is 18.9. The number of benzene rings is 1. The van der Waals surface area contributed by atoms with Gasteiger partial charge in [-0.15, -0.1) is 0 Å². The lowest BCUT2D eigenvalue weighted by Gasteiger charge is -2.26. The first kappa shape index (κ1) is 20.7. The number of carbonyl (C=O) groups is 1. The van der Waals surface area contributed by atoms with Gasteiger partial charge in [-0.1, -0.05) is 37.8 Å². The third-order valence-corrected chi connectivity index (χ3v) is 5.39. The number of carbonyl (C=O) groups excluding carboxylic acids is 1. The van der Waals surface area contributed by atoms with Crippen molar-refractivity contribution in [3.63, 3.8) is 0 Å². The van der Waals surface area contributed by atoms with Gasteiger partial charge in [0.15, 0.2) is 0 Å². The van der Waals surface area contributed by atoms with Crippen LogP contribution in [0.3, 0.4) is 0 Å². The Balaban J connectivity index is 2.75. The van der Waals surface area contributed by atoms with E-state index in [2.05, 4.69) is 52.9 Å². The number of hydrogen-bond donors (Lipinski definition) is 0. The van der Waals surface area contributed by atoms with Crippen molar-refractivity contribution in [2.75, 3.05) is 21.1 Å². The Hall–Kier alpha value is -1.59. The molecule has 0 aliphatic rings. The second-order valence-electron chi connectivity index (χ2n) is 10.4. The van der Waals surface area contributed by atoms with Crippen molar-refractivity contribution in [1.82, 2.24) is 4.57 Å². The SMILES string of the molecule is CC(C)(C)OC(=O)n1c(C[Si](C)(C)C)c(C[N+](C)(C)C)c2ccccc21. The van der Waals surface area contributed by atoms with Gasteiger partial charge in [-0.05, 0) is 32.9 Å². The van der Waals surface area contributed by atoms with Gasteiger partial charge in [0.05, 0.1) is 34.7 Å². The predicted molar refractivity (Wildman–Crippen MR) is 112 cm³/mol. The molecule has 0 bridgehead atoms. The van der Waals surface area contributed by atoms with Crippen LogP contribution in [0.2, 0.25) is 19.6 Å². The molecule has 0 atom stereocenters. The van der Waals surface area contributed by atoms with E-state index in [0.29, 0.717) is 0 Å². The Labute approximate surface area is 159 Å². The molecule has 1 heterocycles. The summed E-state index contributed by atoms with van der Waals surface area (Å²) in [6.45, 7) is 13.7. The van der Waals surface area contributed by atoms with E-state index in [9.17, 15) is 4.79 Å². The van der Waals surface area contributed by atoms with Gasteiger partial charge in [-0.3, -0.25) is 0 Å². The molecule has 2 aromatic rings. The number of nitrogens with zero attached hydrogens (tertiary/aromatic N) is 2. The summed E-state index contributed by atoms with van der Waals surface area (Å²) in [4.78, 5) is 13.1. The van der Waals surface area contributed by atoms with E-state index in [0.717, 1.165) is 28.3 Å². The number of aromatic nitrogens is 1. The molecule has 5 heteroatoms. The molecule has 1 aromatic heterocycles. The quantitative estimate of drug-likeness (QED) is 0.553. The van der Waals surface area contributed by atoms with E-state index in [-0.39, 0.29) is 6.09 Å². The lowest BCUT2D eigenvalue weighted by Crippen LogP contribution is -2.35. The molecule has 0 saturated heterocycles. The summed E-state index contributed by atoms with van der Waals surface area (Å²) in [5.41, 5.74) is 2.85. The molecule has 144 valence electrons. The zero-order chi connectivity index (χ0) is 19.9. The minimum absolute atomic E-state index is 0.269.